The molecule has 0 aliphatic rings. The maximum Gasteiger partial charge on any atom is 0.328 e. The smallest absolute Gasteiger partial charge is 0.328 e. The monoisotopic (exact) mass is 586 g/mol. The van der Waals surface area contributed by atoms with Crippen molar-refractivity contribution in [3.63, 3.8) is 0 Å². The van der Waals surface area contributed by atoms with Crippen molar-refractivity contribution in [1.82, 2.24) is 0 Å². The average molecular weight is 587 g/mol. The van der Waals surface area contributed by atoms with Crippen molar-refractivity contribution in [2.45, 2.75) is 19.4 Å². The van der Waals surface area contributed by atoms with Crippen LogP contribution in [0.2, 0.25) is 0 Å². The Morgan fingerprint density at radius 1 is 0.750 bits per heavy atom. The molecule has 0 aromatic heterocycles. The van der Waals surface area contributed by atoms with Gasteiger partial charge in [0.25, 0.3) is 0 Å². The average Bonchev–Trinajstić information content (AvgIpc) is 3.06. The lowest BCUT2D eigenvalue weighted by atomic mass is 10.00. The number of hydrogen-bond donors (Lipinski definition) is 2. The Labute approximate surface area is 256 Å². The van der Waals surface area contributed by atoms with Crippen LogP contribution >= 0.6 is 0 Å². The van der Waals surface area contributed by atoms with Crippen LogP contribution in [0.5, 0.6) is 5.75 Å². The zero-order valence-electron chi connectivity index (χ0n) is 24.7. The Kier molecular flexibility index (Phi) is 9.67. The van der Waals surface area contributed by atoms with Gasteiger partial charge in [-0.15, -0.1) is 0 Å². The van der Waals surface area contributed by atoms with Crippen LogP contribution in [0.3, 0.4) is 0 Å². The van der Waals surface area contributed by atoms with Crippen molar-refractivity contribution < 1.29 is 23.9 Å². The van der Waals surface area contributed by atoms with Crippen molar-refractivity contribution in [2.24, 2.45) is 0 Å². The second kappa shape index (κ2) is 14.2. The summed E-state index contributed by atoms with van der Waals surface area (Å²) in [5, 5.41) is 8.51. The fourth-order valence-electron chi connectivity index (χ4n) is 5.19. The van der Waals surface area contributed by atoms with Gasteiger partial charge in [0.2, 0.25) is 0 Å². The Hall–Kier alpha value is -5.43. The standard InChI is InChI=1S/C37H34N2O5/c1-25(40)35-30-13-7-6-10-27(30)18-21-33(35)38-22-23-44-29-19-16-26(17-20-29)24-34(37(42)43-2)39-32-15-9-8-14-31(32)36(41)28-11-4-3-5-12-28/h3-21,34,38-39H,22-24H2,1-2H3. The molecule has 5 aromatic rings. The molecule has 7 heteroatoms. The second-order valence-corrected chi connectivity index (χ2v) is 10.3. The van der Waals surface area contributed by atoms with Gasteiger partial charge in [0.05, 0.1) is 7.11 Å². The summed E-state index contributed by atoms with van der Waals surface area (Å²) in [4.78, 5) is 38.3. The Bertz CT molecular complexity index is 1770. The molecule has 7 nitrogen and oxygen atoms in total. The van der Waals surface area contributed by atoms with E-state index in [2.05, 4.69) is 10.6 Å². The molecule has 0 heterocycles. The van der Waals surface area contributed by atoms with E-state index in [-0.39, 0.29) is 11.6 Å². The molecule has 2 N–H and O–H groups in total. The van der Waals surface area contributed by atoms with Crippen molar-refractivity contribution in [3.8, 4) is 5.75 Å². The summed E-state index contributed by atoms with van der Waals surface area (Å²) >= 11 is 0. The summed E-state index contributed by atoms with van der Waals surface area (Å²) in [5.41, 5.74) is 3.95. The molecule has 0 saturated heterocycles. The van der Waals surface area contributed by atoms with Crippen molar-refractivity contribution in [2.75, 3.05) is 30.9 Å². The van der Waals surface area contributed by atoms with E-state index in [1.54, 1.807) is 37.3 Å². The topological polar surface area (TPSA) is 93.7 Å². The van der Waals surface area contributed by atoms with Gasteiger partial charge in [0.1, 0.15) is 18.4 Å². The van der Waals surface area contributed by atoms with Gasteiger partial charge in [0, 0.05) is 41.0 Å². The third kappa shape index (κ3) is 7.13. The molecule has 0 bridgehead atoms. The van der Waals surface area contributed by atoms with Crippen LogP contribution in [0.1, 0.15) is 38.8 Å². The molecule has 0 saturated carbocycles. The van der Waals surface area contributed by atoms with E-state index in [0.29, 0.717) is 47.7 Å². The number of ketones is 2. The number of esters is 1. The Morgan fingerprint density at radius 2 is 1.45 bits per heavy atom. The van der Waals surface area contributed by atoms with Crippen LogP contribution in [0.25, 0.3) is 10.8 Å². The fraction of sp³-hybridized carbons (Fsp3) is 0.162. The number of benzene rings is 5. The number of carbonyl (C=O) groups is 3. The van der Waals surface area contributed by atoms with Gasteiger partial charge in [-0.05, 0) is 53.6 Å². The summed E-state index contributed by atoms with van der Waals surface area (Å²) in [7, 11) is 1.35. The molecule has 44 heavy (non-hydrogen) atoms. The Morgan fingerprint density at radius 3 is 2.20 bits per heavy atom. The third-order valence-electron chi connectivity index (χ3n) is 7.35. The SMILES string of the molecule is COC(=O)C(Cc1ccc(OCCNc2ccc3ccccc3c2C(C)=O)cc1)Nc1ccccc1C(=O)c1ccccc1. The lowest BCUT2D eigenvalue weighted by molar-refractivity contribution is -0.141. The van der Waals surface area contributed by atoms with Crippen molar-refractivity contribution in [3.05, 3.63) is 138 Å². The molecule has 5 aromatic carbocycles. The third-order valence-corrected chi connectivity index (χ3v) is 7.35. The van der Waals surface area contributed by atoms with Gasteiger partial charge in [-0.25, -0.2) is 4.79 Å². The molecule has 0 amide bonds. The first kappa shape index (κ1) is 30.0. The van der Waals surface area contributed by atoms with Gasteiger partial charge >= 0.3 is 5.97 Å². The van der Waals surface area contributed by atoms with Crippen LogP contribution in [0.4, 0.5) is 11.4 Å². The molecular weight excluding hydrogens is 552 g/mol. The lowest BCUT2D eigenvalue weighted by Gasteiger charge is -2.20. The van der Waals surface area contributed by atoms with Gasteiger partial charge in [0.15, 0.2) is 11.6 Å². The molecule has 0 aliphatic carbocycles. The van der Waals surface area contributed by atoms with Gasteiger partial charge in [-0.3, -0.25) is 9.59 Å². The van der Waals surface area contributed by atoms with Gasteiger partial charge in [-0.2, -0.15) is 0 Å². The van der Waals surface area contributed by atoms with Crippen LogP contribution < -0.4 is 15.4 Å². The molecule has 0 radical (unpaired) electrons. The highest BCUT2D eigenvalue weighted by Crippen LogP contribution is 2.27. The minimum atomic E-state index is -0.710. The Balaban J connectivity index is 1.20. The van der Waals surface area contributed by atoms with Crippen LogP contribution in [-0.4, -0.2) is 43.8 Å². The molecule has 1 atom stereocenters. The first-order valence-electron chi connectivity index (χ1n) is 14.5. The summed E-state index contributed by atoms with van der Waals surface area (Å²) < 4.78 is 11.0. The van der Waals surface area contributed by atoms with E-state index in [1.165, 1.54) is 7.11 Å². The van der Waals surface area contributed by atoms with Gasteiger partial charge < -0.3 is 20.1 Å². The van der Waals surface area contributed by atoms with Gasteiger partial charge in [-0.1, -0.05) is 84.9 Å². The predicted octanol–water partition coefficient (Wildman–Crippen LogP) is 6.96. The minimum Gasteiger partial charge on any atom is -0.492 e. The highest BCUT2D eigenvalue weighted by molar-refractivity contribution is 6.13. The summed E-state index contributed by atoms with van der Waals surface area (Å²) in [6, 6.07) is 34.7. The first-order valence-corrected chi connectivity index (χ1v) is 14.5. The molecular formula is C37H34N2O5. The number of methoxy groups -OCH3 is 1. The molecule has 0 aliphatic heterocycles. The van der Waals surface area contributed by atoms with E-state index in [0.717, 1.165) is 22.0 Å². The minimum absolute atomic E-state index is 0.00633. The molecule has 0 spiro atoms. The molecule has 5 rings (SSSR count). The highest BCUT2D eigenvalue weighted by Gasteiger charge is 2.22. The molecule has 0 fully saturated rings. The molecule has 1 unspecified atom stereocenters. The fourth-order valence-corrected chi connectivity index (χ4v) is 5.19. The summed E-state index contributed by atoms with van der Waals surface area (Å²) in [6.45, 7) is 2.48. The number of nitrogens with one attached hydrogen (secondary N) is 2. The number of hydrogen-bond acceptors (Lipinski definition) is 7. The number of fused-ring (bicyclic) bond motifs is 1. The maximum absolute atomic E-state index is 13.2. The summed E-state index contributed by atoms with van der Waals surface area (Å²) in [5.74, 6) is 0.123. The lowest BCUT2D eigenvalue weighted by Crippen LogP contribution is -2.33. The normalized spacial score (nSPS) is 11.4. The molecule has 222 valence electrons. The van der Waals surface area contributed by atoms with Crippen molar-refractivity contribution in [1.29, 1.82) is 0 Å². The number of carbonyl (C=O) groups excluding carboxylic acids is 3. The first-order chi connectivity index (χ1) is 21.4. The number of Topliss-reactive ketones (excluding diaryl/α,β-unsaturated/α-hetero) is 1. The van der Waals surface area contributed by atoms with E-state index in [9.17, 15) is 14.4 Å². The number of rotatable bonds is 13. The predicted molar refractivity (Wildman–Crippen MR) is 174 cm³/mol. The van der Waals surface area contributed by atoms with E-state index in [1.807, 2.05) is 84.9 Å². The highest BCUT2D eigenvalue weighted by atomic mass is 16.5. The van der Waals surface area contributed by atoms with Crippen LogP contribution in [-0.2, 0) is 16.0 Å². The zero-order valence-corrected chi connectivity index (χ0v) is 24.7. The van der Waals surface area contributed by atoms with E-state index < -0.39 is 12.0 Å². The number of anilines is 2. The summed E-state index contributed by atoms with van der Waals surface area (Å²) in [6.07, 6.45) is 0.345. The van der Waals surface area contributed by atoms with E-state index in [4.69, 9.17) is 9.47 Å². The largest absolute Gasteiger partial charge is 0.492 e. The van der Waals surface area contributed by atoms with E-state index >= 15 is 0 Å². The zero-order chi connectivity index (χ0) is 30.9. The van der Waals surface area contributed by atoms with Crippen LogP contribution in [0, 0.1) is 0 Å². The van der Waals surface area contributed by atoms with Crippen molar-refractivity contribution >= 4 is 39.7 Å². The number of ether oxygens (including phenoxy) is 2. The van der Waals surface area contributed by atoms with Crippen LogP contribution in [0.15, 0.2) is 115 Å². The maximum atomic E-state index is 13.2. The quantitative estimate of drug-likeness (QED) is 0.0875. The number of para-hydroxylation sites is 1. The second-order valence-electron chi connectivity index (χ2n) is 10.3.